The summed E-state index contributed by atoms with van der Waals surface area (Å²) in [5.41, 5.74) is 1.80. The minimum atomic E-state index is -3.54. The first kappa shape index (κ1) is 22.9. The van der Waals surface area contributed by atoms with Gasteiger partial charge in [0.15, 0.2) is 5.78 Å². The maximum atomic E-state index is 13.4. The minimum absolute atomic E-state index is 0.169. The number of aryl methyl sites for hydroxylation is 1. The highest BCUT2D eigenvalue weighted by Gasteiger charge is 2.25. The summed E-state index contributed by atoms with van der Waals surface area (Å²) < 4.78 is 44.8. The van der Waals surface area contributed by atoms with E-state index in [0.717, 1.165) is 29.0 Å². The van der Waals surface area contributed by atoms with Gasteiger partial charge in [0.25, 0.3) is 0 Å². The molecule has 2 aromatic heterocycles. The molecule has 3 rings (SSSR count). The minimum Gasteiger partial charge on any atom is -0.437 e. The molecule has 8 heteroatoms. The van der Waals surface area contributed by atoms with Crippen LogP contribution in [0.15, 0.2) is 34.7 Å². The largest absolute Gasteiger partial charge is 0.437 e. The first-order valence-electron chi connectivity index (χ1n) is 10.2. The molecule has 0 bridgehead atoms. The number of nitrogens with zero attached hydrogens (tertiary/aromatic N) is 2. The number of furan rings is 1. The van der Waals surface area contributed by atoms with Crippen LogP contribution in [0.4, 0.5) is 10.2 Å². The van der Waals surface area contributed by atoms with Crippen molar-refractivity contribution >= 4 is 32.7 Å². The Morgan fingerprint density at radius 2 is 1.87 bits per heavy atom. The molecule has 2 heterocycles. The summed E-state index contributed by atoms with van der Waals surface area (Å²) >= 11 is 0. The van der Waals surface area contributed by atoms with Crippen LogP contribution >= 0.6 is 0 Å². The number of sulfonamides is 1. The number of Topliss-reactive ketones (excluding diaryl/α,β-unsaturated/α-hetero) is 1. The van der Waals surface area contributed by atoms with Gasteiger partial charge in [-0.2, -0.15) is 4.98 Å². The van der Waals surface area contributed by atoms with Gasteiger partial charge in [0, 0.05) is 12.6 Å². The summed E-state index contributed by atoms with van der Waals surface area (Å²) in [7, 11) is -2.09. The van der Waals surface area contributed by atoms with E-state index >= 15 is 0 Å². The molecule has 0 aliphatic rings. The highest BCUT2D eigenvalue weighted by Crippen LogP contribution is 2.36. The zero-order valence-corrected chi connectivity index (χ0v) is 19.2. The Labute approximate surface area is 182 Å². The van der Waals surface area contributed by atoms with Crippen LogP contribution in [0.1, 0.15) is 49.5 Å². The Balaban J connectivity index is 2.23. The number of anilines is 1. The fourth-order valence-corrected chi connectivity index (χ4v) is 4.00. The van der Waals surface area contributed by atoms with Crippen molar-refractivity contribution in [3.63, 3.8) is 0 Å². The molecule has 31 heavy (non-hydrogen) atoms. The standard InChI is InChI=1S/C23H27FN2O4S/c1-14(2)7-6-8-17-13-19-20(15(3)27)21(16-9-11-18(24)12-10-16)30-23(19)25-22(17)26(4)31(5,28)29/h9-14H,6-8H2,1-5H3. The van der Waals surface area contributed by atoms with E-state index in [1.165, 1.54) is 38.2 Å². The molecule has 0 spiro atoms. The van der Waals surface area contributed by atoms with E-state index in [4.69, 9.17) is 4.42 Å². The lowest BCUT2D eigenvalue weighted by molar-refractivity contribution is 0.101. The first-order valence-corrected chi connectivity index (χ1v) is 12.0. The number of fused-ring (bicyclic) bond motifs is 1. The van der Waals surface area contributed by atoms with E-state index in [0.29, 0.717) is 34.6 Å². The van der Waals surface area contributed by atoms with Gasteiger partial charge in [-0.05, 0) is 61.6 Å². The van der Waals surface area contributed by atoms with Crippen LogP contribution < -0.4 is 4.31 Å². The number of carbonyl (C=O) groups excluding carboxylic acids is 1. The van der Waals surface area contributed by atoms with Crippen LogP contribution in [0.5, 0.6) is 0 Å². The van der Waals surface area contributed by atoms with E-state index in [1.54, 1.807) is 6.07 Å². The molecule has 3 aromatic rings. The molecule has 0 fully saturated rings. The van der Waals surface area contributed by atoms with Crippen LogP contribution in [-0.4, -0.2) is 32.5 Å². The molecule has 6 nitrogen and oxygen atoms in total. The molecule has 0 unspecified atom stereocenters. The lowest BCUT2D eigenvalue weighted by atomic mass is 9.99. The maximum absolute atomic E-state index is 13.4. The molecule has 0 atom stereocenters. The van der Waals surface area contributed by atoms with Crippen LogP contribution in [0.3, 0.4) is 0 Å². The predicted molar refractivity (Wildman–Crippen MR) is 120 cm³/mol. The van der Waals surface area contributed by atoms with Gasteiger partial charge in [0.1, 0.15) is 17.4 Å². The number of benzene rings is 1. The average molecular weight is 447 g/mol. The third kappa shape index (κ3) is 4.95. The van der Waals surface area contributed by atoms with Gasteiger partial charge in [0.05, 0.1) is 17.2 Å². The summed E-state index contributed by atoms with van der Waals surface area (Å²) in [4.78, 5) is 17.0. The van der Waals surface area contributed by atoms with Gasteiger partial charge in [-0.3, -0.25) is 9.10 Å². The van der Waals surface area contributed by atoms with E-state index in [1.807, 2.05) is 0 Å². The average Bonchev–Trinajstić information content (AvgIpc) is 3.05. The number of hydrogen-bond donors (Lipinski definition) is 0. The zero-order valence-electron chi connectivity index (χ0n) is 18.4. The number of pyridine rings is 1. The van der Waals surface area contributed by atoms with Crippen molar-refractivity contribution < 1.29 is 22.0 Å². The van der Waals surface area contributed by atoms with Gasteiger partial charge in [-0.25, -0.2) is 12.8 Å². The van der Waals surface area contributed by atoms with Crippen molar-refractivity contribution in [1.29, 1.82) is 0 Å². The van der Waals surface area contributed by atoms with Crippen LogP contribution in [0.25, 0.3) is 22.4 Å². The maximum Gasteiger partial charge on any atom is 0.233 e. The number of hydrogen-bond acceptors (Lipinski definition) is 5. The molecule has 0 radical (unpaired) electrons. The molecular weight excluding hydrogens is 419 g/mol. The Kier molecular flexibility index (Phi) is 6.50. The van der Waals surface area contributed by atoms with Crippen molar-refractivity contribution in [2.45, 2.75) is 40.0 Å². The van der Waals surface area contributed by atoms with Crippen molar-refractivity contribution in [3.8, 4) is 11.3 Å². The van der Waals surface area contributed by atoms with Gasteiger partial charge in [-0.15, -0.1) is 0 Å². The van der Waals surface area contributed by atoms with E-state index < -0.39 is 15.8 Å². The normalized spacial score (nSPS) is 12.0. The number of ketones is 1. The molecule has 0 aliphatic carbocycles. The Bertz CT molecular complexity index is 1210. The summed E-state index contributed by atoms with van der Waals surface area (Å²) in [5.74, 6) is 0.485. The second kappa shape index (κ2) is 8.78. The van der Waals surface area contributed by atoms with E-state index in [9.17, 15) is 17.6 Å². The SMILES string of the molecule is CC(=O)c1c(-c2ccc(F)cc2)oc2nc(N(C)S(C)(=O)=O)c(CCCC(C)C)cc12. The van der Waals surface area contributed by atoms with Crippen molar-refractivity contribution in [2.75, 3.05) is 17.6 Å². The second-order valence-electron chi connectivity index (χ2n) is 8.21. The monoisotopic (exact) mass is 446 g/mol. The Morgan fingerprint density at radius 1 is 1.23 bits per heavy atom. The summed E-state index contributed by atoms with van der Waals surface area (Å²) in [6.45, 7) is 5.69. The lowest BCUT2D eigenvalue weighted by Gasteiger charge is -2.19. The van der Waals surface area contributed by atoms with Crippen LogP contribution in [0, 0.1) is 11.7 Å². The molecule has 166 valence electrons. The number of carbonyl (C=O) groups is 1. The van der Waals surface area contributed by atoms with Crippen LogP contribution in [-0.2, 0) is 16.4 Å². The first-order chi connectivity index (χ1) is 14.5. The highest BCUT2D eigenvalue weighted by atomic mass is 32.2. The van der Waals surface area contributed by atoms with Crippen molar-refractivity contribution in [2.24, 2.45) is 5.92 Å². The molecule has 0 saturated heterocycles. The van der Waals surface area contributed by atoms with Gasteiger partial charge >= 0.3 is 0 Å². The topological polar surface area (TPSA) is 80.5 Å². The van der Waals surface area contributed by atoms with Crippen molar-refractivity contribution in [3.05, 3.63) is 47.3 Å². The zero-order chi connectivity index (χ0) is 22.9. The predicted octanol–water partition coefficient (Wildman–Crippen LogP) is 5.21. The van der Waals surface area contributed by atoms with Gasteiger partial charge in [-0.1, -0.05) is 20.3 Å². The fraction of sp³-hybridized carbons (Fsp3) is 0.391. The highest BCUT2D eigenvalue weighted by molar-refractivity contribution is 7.92. The quantitative estimate of drug-likeness (QED) is 0.444. The Hall–Kier alpha value is -2.74. The Morgan fingerprint density at radius 3 is 2.42 bits per heavy atom. The third-order valence-corrected chi connectivity index (χ3v) is 6.39. The number of halogens is 1. The molecule has 1 aromatic carbocycles. The number of aromatic nitrogens is 1. The molecule has 0 amide bonds. The van der Waals surface area contributed by atoms with Crippen LogP contribution in [0.2, 0.25) is 0 Å². The summed E-state index contributed by atoms with van der Waals surface area (Å²) in [6.07, 6.45) is 3.56. The van der Waals surface area contributed by atoms with Crippen molar-refractivity contribution in [1.82, 2.24) is 4.98 Å². The lowest BCUT2D eigenvalue weighted by Crippen LogP contribution is -2.27. The molecular formula is C23H27FN2O4S. The van der Waals surface area contributed by atoms with Gasteiger partial charge in [0.2, 0.25) is 15.7 Å². The summed E-state index contributed by atoms with van der Waals surface area (Å²) in [6, 6.07) is 7.45. The van der Waals surface area contributed by atoms with Gasteiger partial charge < -0.3 is 4.42 Å². The third-order valence-electron chi connectivity index (χ3n) is 5.22. The fourth-order valence-electron chi connectivity index (χ4n) is 3.52. The summed E-state index contributed by atoms with van der Waals surface area (Å²) in [5, 5.41) is 0.525. The second-order valence-corrected chi connectivity index (χ2v) is 10.2. The smallest absolute Gasteiger partial charge is 0.233 e. The molecule has 0 N–H and O–H groups in total. The van der Waals surface area contributed by atoms with E-state index in [-0.39, 0.29) is 17.3 Å². The number of rotatable bonds is 8. The molecule has 0 saturated carbocycles. The molecule has 0 aliphatic heterocycles. The van der Waals surface area contributed by atoms with E-state index in [2.05, 4.69) is 18.8 Å².